The summed E-state index contributed by atoms with van der Waals surface area (Å²) in [5.74, 6) is 5.27. The standard InChI is InChI=1S/C31H32FN3O5/c1-20-17-35(21(2)19-36)31(38)26-15-23(10-9-22-11-13-24(39-4)14-12-22)16-33-29(26)40-28(20)18-34(3)30(37)25-7-5-6-8-27(25)32/h5-8,11-16,20-21,28,36H,17-19H2,1-4H3/t20-,21+,28-/m1/s1. The molecule has 0 saturated carbocycles. The van der Waals surface area contributed by atoms with Gasteiger partial charge in [-0.3, -0.25) is 9.59 Å². The second kappa shape index (κ2) is 12.6. The van der Waals surface area contributed by atoms with Crippen molar-refractivity contribution in [3.8, 4) is 23.5 Å². The molecule has 208 valence electrons. The zero-order valence-electron chi connectivity index (χ0n) is 22.9. The second-order valence-corrected chi connectivity index (χ2v) is 9.84. The molecule has 40 heavy (non-hydrogen) atoms. The van der Waals surface area contributed by atoms with Gasteiger partial charge in [0, 0.05) is 36.8 Å². The number of hydrogen-bond acceptors (Lipinski definition) is 6. The quantitative estimate of drug-likeness (QED) is 0.476. The number of pyridine rings is 1. The molecule has 0 radical (unpaired) electrons. The SMILES string of the molecule is COc1ccc(C#Cc2cnc3c(c2)C(=O)N([C@@H](C)CO)C[C@@H](C)[C@@H](CN(C)C(=O)c2ccccc2F)O3)cc1. The Morgan fingerprint density at radius 3 is 2.60 bits per heavy atom. The fourth-order valence-electron chi connectivity index (χ4n) is 4.40. The van der Waals surface area contributed by atoms with Gasteiger partial charge >= 0.3 is 0 Å². The van der Waals surface area contributed by atoms with E-state index in [1.54, 1.807) is 38.1 Å². The lowest BCUT2D eigenvalue weighted by atomic mass is 9.99. The van der Waals surface area contributed by atoms with Gasteiger partial charge in [-0.2, -0.15) is 0 Å². The van der Waals surface area contributed by atoms with Gasteiger partial charge in [0.25, 0.3) is 11.8 Å². The average molecular weight is 546 g/mol. The predicted molar refractivity (Wildman–Crippen MR) is 148 cm³/mol. The van der Waals surface area contributed by atoms with Crippen LogP contribution in [0, 0.1) is 23.6 Å². The van der Waals surface area contributed by atoms with Crippen LogP contribution in [0.1, 0.15) is 45.7 Å². The Labute approximate surface area is 233 Å². The first kappa shape index (κ1) is 28.6. The van der Waals surface area contributed by atoms with E-state index in [1.807, 2.05) is 31.2 Å². The molecule has 9 heteroatoms. The van der Waals surface area contributed by atoms with Crippen LogP contribution < -0.4 is 9.47 Å². The molecule has 1 aromatic heterocycles. The van der Waals surface area contributed by atoms with Crippen LogP contribution in [0.2, 0.25) is 0 Å². The molecule has 1 aliphatic rings. The number of aliphatic hydroxyl groups is 1. The third-order valence-corrected chi connectivity index (χ3v) is 6.87. The van der Waals surface area contributed by atoms with E-state index in [9.17, 15) is 19.1 Å². The Morgan fingerprint density at radius 1 is 1.23 bits per heavy atom. The molecule has 2 amide bonds. The molecule has 3 aromatic rings. The van der Waals surface area contributed by atoms with Gasteiger partial charge in [0.2, 0.25) is 5.88 Å². The van der Waals surface area contributed by atoms with Crippen molar-refractivity contribution in [3.63, 3.8) is 0 Å². The number of aliphatic hydroxyl groups excluding tert-OH is 1. The van der Waals surface area contributed by atoms with Crippen molar-refractivity contribution in [1.82, 2.24) is 14.8 Å². The topological polar surface area (TPSA) is 92.2 Å². The molecule has 2 aromatic carbocycles. The first-order valence-electron chi connectivity index (χ1n) is 13.0. The van der Waals surface area contributed by atoms with Crippen LogP contribution in [-0.2, 0) is 0 Å². The van der Waals surface area contributed by atoms with Crippen LogP contribution >= 0.6 is 0 Å². The van der Waals surface area contributed by atoms with Crippen LogP contribution in [-0.4, -0.2) is 77.7 Å². The van der Waals surface area contributed by atoms with Crippen molar-refractivity contribution < 1.29 is 28.6 Å². The van der Waals surface area contributed by atoms with Crippen LogP contribution in [0.4, 0.5) is 4.39 Å². The van der Waals surface area contributed by atoms with Gasteiger partial charge in [0.15, 0.2) is 0 Å². The number of carbonyl (C=O) groups is 2. The Morgan fingerprint density at radius 2 is 1.93 bits per heavy atom. The molecule has 2 heterocycles. The molecule has 0 fully saturated rings. The van der Waals surface area contributed by atoms with Crippen molar-refractivity contribution in [1.29, 1.82) is 0 Å². The van der Waals surface area contributed by atoms with Crippen molar-refractivity contribution in [2.75, 3.05) is 33.9 Å². The highest BCUT2D eigenvalue weighted by molar-refractivity contribution is 5.97. The smallest absolute Gasteiger partial charge is 0.259 e. The third kappa shape index (κ3) is 6.41. The molecule has 0 spiro atoms. The summed E-state index contributed by atoms with van der Waals surface area (Å²) in [5, 5.41) is 9.88. The highest BCUT2D eigenvalue weighted by Crippen LogP contribution is 2.27. The molecule has 0 unspecified atom stereocenters. The van der Waals surface area contributed by atoms with Gasteiger partial charge in [-0.15, -0.1) is 0 Å². The highest BCUT2D eigenvalue weighted by Gasteiger charge is 2.35. The lowest BCUT2D eigenvalue weighted by Gasteiger charge is -2.37. The summed E-state index contributed by atoms with van der Waals surface area (Å²) in [6.07, 6.45) is 0.963. The second-order valence-electron chi connectivity index (χ2n) is 9.84. The average Bonchev–Trinajstić information content (AvgIpc) is 2.97. The van der Waals surface area contributed by atoms with E-state index in [0.29, 0.717) is 5.56 Å². The maximum Gasteiger partial charge on any atom is 0.259 e. The molecule has 4 rings (SSSR count). The van der Waals surface area contributed by atoms with Gasteiger partial charge in [0.05, 0.1) is 31.9 Å². The third-order valence-electron chi connectivity index (χ3n) is 6.87. The molecule has 8 nitrogen and oxygen atoms in total. The van der Waals surface area contributed by atoms with E-state index in [-0.39, 0.29) is 48.5 Å². The maximum absolute atomic E-state index is 14.3. The predicted octanol–water partition coefficient (Wildman–Crippen LogP) is 3.62. The van der Waals surface area contributed by atoms with E-state index >= 15 is 0 Å². The minimum absolute atomic E-state index is 0.0344. The van der Waals surface area contributed by atoms with Gasteiger partial charge in [-0.05, 0) is 49.4 Å². The Bertz CT molecular complexity index is 1430. The molecule has 0 saturated heterocycles. The Hall–Kier alpha value is -4.42. The first-order chi connectivity index (χ1) is 19.2. The fraction of sp³-hybridized carbons (Fsp3) is 0.323. The molecule has 1 aliphatic heterocycles. The van der Waals surface area contributed by atoms with E-state index < -0.39 is 23.9 Å². The number of benzene rings is 2. The summed E-state index contributed by atoms with van der Waals surface area (Å²) in [5.41, 5.74) is 1.46. The van der Waals surface area contributed by atoms with E-state index in [2.05, 4.69) is 16.8 Å². The van der Waals surface area contributed by atoms with Gasteiger partial charge in [-0.1, -0.05) is 30.9 Å². The summed E-state index contributed by atoms with van der Waals surface area (Å²) >= 11 is 0. The lowest BCUT2D eigenvalue weighted by Crippen LogP contribution is -2.50. The van der Waals surface area contributed by atoms with Crippen LogP contribution in [0.25, 0.3) is 0 Å². The van der Waals surface area contributed by atoms with E-state index in [4.69, 9.17) is 9.47 Å². The Balaban J connectivity index is 1.65. The number of aromatic nitrogens is 1. The minimum atomic E-state index is -0.602. The number of methoxy groups -OCH3 is 1. The van der Waals surface area contributed by atoms with Crippen molar-refractivity contribution in [3.05, 3.63) is 88.9 Å². The number of fused-ring (bicyclic) bond motifs is 1. The molecular formula is C31H32FN3O5. The van der Waals surface area contributed by atoms with Crippen LogP contribution in [0.3, 0.4) is 0 Å². The Kier molecular flexibility index (Phi) is 9.02. The number of halogens is 1. The van der Waals surface area contributed by atoms with E-state index in [0.717, 1.165) is 11.3 Å². The number of amides is 2. The van der Waals surface area contributed by atoms with Gasteiger partial charge in [0.1, 0.15) is 23.2 Å². The summed E-state index contributed by atoms with van der Waals surface area (Å²) in [4.78, 5) is 34.0. The number of carbonyl (C=O) groups excluding carboxylic acids is 2. The van der Waals surface area contributed by atoms with Crippen molar-refractivity contribution in [2.24, 2.45) is 5.92 Å². The zero-order valence-corrected chi connectivity index (χ0v) is 22.9. The van der Waals surface area contributed by atoms with Crippen molar-refractivity contribution >= 4 is 11.8 Å². The zero-order chi connectivity index (χ0) is 28.8. The number of ether oxygens (including phenoxy) is 2. The van der Waals surface area contributed by atoms with Crippen LogP contribution in [0.5, 0.6) is 11.6 Å². The number of likely N-dealkylation sites (N-methyl/N-ethyl adjacent to an activating group) is 1. The molecule has 3 atom stereocenters. The van der Waals surface area contributed by atoms with Crippen molar-refractivity contribution in [2.45, 2.75) is 26.0 Å². The molecule has 0 aliphatic carbocycles. The normalized spacial score (nSPS) is 17.4. The summed E-state index contributed by atoms with van der Waals surface area (Å²) in [7, 11) is 3.17. The van der Waals surface area contributed by atoms with E-state index in [1.165, 1.54) is 29.3 Å². The monoisotopic (exact) mass is 545 g/mol. The van der Waals surface area contributed by atoms with Gasteiger partial charge in [-0.25, -0.2) is 9.37 Å². The summed E-state index contributed by atoms with van der Waals surface area (Å²) in [6, 6.07) is 14.2. The molecular weight excluding hydrogens is 513 g/mol. The largest absolute Gasteiger partial charge is 0.497 e. The summed E-state index contributed by atoms with van der Waals surface area (Å²) in [6.45, 7) is 3.83. The molecule has 1 N–H and O–H groups in total. The molecule has 0 bridgehead atoms. The maximum atomic E-state index is 14.3. The lowest BCUT2D eigenvalue weighted by molar-refractivity contribution is 0.0312. The highest BCUT2D eigenvalue weighted by atomic mass is 19.1. The number of rotatable bonds is 6. The number of hydrogen-bond donors (Lipinski definition) is 1. The minimum Gasteiger partial charge on any atom is -0.497 e. The van der Waals surface area contributed by atoms with Gasteiger partial charge < -0.3 is 24.4 Å². The summed E-state index contributed by atoms with van der Waals surface area (Å²) < 4.78 is 25.7. The number of nitrogens with zero attached hydrogens (tertiary/aromatic N) is 3. The van der Waals surface area contributed by atoms with Crippen LogP contribution in [0.15, 0.2) is 60.8 Å². The fourth-order valence-corrected chi connectivity index (χ4v) is 4.40. The first-order valence-corrected chi connectivity index (χ1v) is 13.0.